The van der Waals surface area contributed by atoms with Gasteiger partial charge in [0.15, 0.2) is 0 Å². The number of carbonyl (C=O) groups excluding carboxylic acids is 2. The average Bonchev–Trinajstić information content (AvgIpc) is 3.56. The molecule has 6 nitrogen and oxygen atoms in total. The number of aryl methyl sites for hydroxylation is 1. The molecule has 1 saturated carbocycles. The fourth-order valence-electron chi connectivity index (χ4n) is 3.88. The van der Waals surface area contributed by atoms with Gasteiger partial charge in [-0.25, -0.2) is 0 Å². The van der Waals surface area contributed by atoms with E-state index in [2.05, 4.69) is 41.4 Å². The van der Waals surface area contributed by atoms with Gasteiger partial charge in [0.1, 0.15) is 5.41 Å². The Balaban J connectivity index is 1.39. The van der Waals surface area contributed by atoms with Crippen molar-refractivity contribution in [2.45, 2.75) is 19.8 Å². The molecular formula is C23H24N4O2. The Morgan fingerprint density at radius 1 is 1.03 bits per heavy atom. The van der Waals surface area contributed by atoms with Gasteiger partial charge in [-0.2, -0.15) is 5.26 Å². The molecule has 0 unspecified atom stereocenters. The molecular weight excluding hydrogens is 364 g/mol. The van der Waals surface area contributed by atoms with E-state index in [9.17, 15) is 9.59 Å². The molecule has 2 amide bonds. The number of amides is 2. The molecule has 1 saturated heterocycles. The molecule has 148 valence electrons. The van der Waals surface area contributed by atoms with Crippen molar-refractivity contribution >= 4 is 23.2 Å². The minimum Gasteiger partial charge on any atom is -0.368 e. The van der Waals surface area contributed by atoms with Crippen LogP contribution in [0.2, 0.25) is 0 Å². The van der Waals surface area contributed by atoms with E-state index in [0.29, 0.717) is 37.2 Å². The van der Waals surface area contributed by atoms with Crippen LogP contribution in [0.5, 0.6) is 0 Å². The van der Waals surface area contributed by atoms with E-state index in [1.165, 1.54) is 11.3 Å². The van der Waals surface area contributed by atoms with E-state index in [1.54, 1.807) is 24.3 Å². The number of carbonyl (C=O) groups is 2. The Morgan fingerprint density at radius 2 is 1.76 bits per heavy atom. The molecule has 1 aliphatic carbocycles. The number of nitrogens with one attached hydrogen (secondary N) is 1. The molecule has 0 radical (unpaired) electrons. The third kappa shape index (κ3) is 3.81. The second kappa shape index (κ2) is 7.59. The molecule has 2 aromatic rings. The van der Waals surface area contributed by atoms with Crippen molar-refractivity contribution in [1.82, 2.24) is 4.90 Å². The molecule has 1 aliphatic heterocycles. The first kappa shape index (κ1) is 19.0. The Kier molecular flexibility index (Phi) is 4.98. The highest BCUT2D eigenvalue weighted by molar-refractivity contribution is 6.13. The van der Waals surface area contributed by atoms with Gasteiger partial charge in [-0.15, -0.1) is 0 Å². The summed E-state index contributed by atoms with van der Waals surface area (Å²) in [6.45, 7) is 4.83. The number of nitrogens with zero attached hydrogens (tertiary/aromatic N) is 3. The van der Waals surface area contributed by atoms with Crippen LogP contribution in [0.3, 0.4) is 0 Å². The number of hydrogen-bond acceptors (Lipinski definition) is 4. The molecule has 2 aromatic carbocycles. The van der Waals surface area contributed by atoms with Crippen LogP contribution in [0.25, 0.3) is 0 Å². The quantitative estimate of drug-likeness (QED) is 0.817. The van der Waals surface area contributed by atoms with Crippen molar-refractivity contribution in [1.29, 1.82) is 5.26 Å². The van der Waals surface area contributed by atoms with Crippen LogP contribution in [0.15, 0.2) is 48.5 Å². The van der Waals surface area contributed by atoms with E-state index in [-0.39, 0.29) is 11.8 Å². The number of benzene rings is 2. The fourth-order valence-corrected chi connectivity index (χ4v) is 3.88. The summed E-state index contributed by atoms with van der Waals surface area (Å²) < 4.78 is 0. The maximum atomic E-state index is 13.1. The maximum absolute atomic E-state index is 13.1. The third-order valence-corrected chi connectivity index (χ3v) is 5.78. The Bertz CT molecular complexity index is 982. The van der Waals surface area contributed by atoms with E-state index in [0.717, 1.165) is 13.1 Å². The van der Waals surface area contributed by atoms with Gasteiger partial charge in [-0.1, -0.05) is 18.2 Å². The van der Waals surface area contributed by atoms with Gasteiger partial charge in [-0.05, 0) is 55.7 Å². The van der Waals surface area contributed by atoms with Gasteiger partial charge in [0, 0.05) is 37.6 Å². The lowest BCUT2D eigenvalue weighted by Gasteiger charge is -2.37. The van der Waals surface area contributed by atoms with Crippen molar-refractivity contribution in [3.05, 3.63) is 59.7 Å². The zero-order chi connectivity index (χ0) is 20.4. The third-order valence-electron chi connectivity index (χ3n) is 5.78. The van der Waals surface area contributed by atoms with Gasteiger partial charge in [0.05, 0.1) is 11.6 Å². The summed E-state index contributed by atoms with van der Waals surface area (Å²) >= 11 is 0. The lowest BCUT2D eigenvalue weighted by atomic mass is 10.0. The topological polar surface area (TPSA) is 76.4 Å². The smallest absolute Gasteiger partial charge is 0.240 e. The number of hydrogen-bond donors (Lipinski definition) is 1. The number of nitriles is 1. The van der Waals surface area contributed by atoms with Gasteiger partial charge >= 0.3 is 0 Å². The Hall–Kier alpha value is -3.33. The number of anilines is 2. The average molecular weight is 388 g/mol. The monoisotopic (exact) mass is 388 g/mol. The minimum atomic E-state index is -0.950. The second-order valence-corrected chi connectivity index (χ2v) is 7.85. The summed E-state index contributed by atoms with van der Waals surface area (Å²) in [4.78, 5) is 30.1. The van der Waals surface area contributed by atoms with Crippen LogP contribution >= 0.6 is 0 Å². The van der Waals surface area contributed by atoms with E-state index in [1.807, 2.05) is 11.0 Å². The highest BCUT2D eigenvalue weighted by atomic mass is 16.2. The SMILES string of the molecule is Cc1cccc(N2CCN(C(=O)C3(C(=O)Nc4cccc(C#N)c4)CC3)CC2)c1. The molecule has 4 rings (SSSR count). The normalized spacial score (nSPS) is 17.4. The molecule has 1 heterocycles. The van der Waals surface area contributed by atoms with Gasteiger partial charge in [0.25, 0.3) is 0 Å². The van der Waals surface area contributed by atoms with Crippen molar-refractivity contribution in [3.63, 3.8) is 0 Å². The van der Waals surface area contributed by atoms with Gasteiger partial charge < -0.3 is 15.1 Å². The van der Waals surface area contributed by atoms with Crippen LogP contribution in [-0.4, -0.2) is 42.9 Å². The van der Waals surface area contributed by atoms with E-state index >= 15 is 0 Å². The number of rotatable bonds is 4. The van der Waals surface area contributed by atoms with Gasteiger partial charge in [0.2, 0.25) is 11.8 Å². The number of piperazine rings is 1. The lowest BCUT2D eigenvalue weighted by molar-refractivity contribution is -0.142. The first-order chi connectivity index (χ1) is 14.0. The summed E-state index contributed by atoms with van der Waals surface area (Å²) in [7, 11) is 0. The molecule has 2 aliphatic rings. The summed E-state index contributed by atoms with van der Waals surface area (Å²) in [6, 6.07) is 17.2. The zero-order valence-electron chi connectivity index (χ0n) is 16.5. The molecule has 0 spiro atoms. The molecule has 2 fully saturated rings. The predicted molar refractivity (Wildman–Crippen MR) is 111 cm³/mol. The molecule has 0 bridgehead atoms. The first-order valence-electron chi connectivity index (χ1n) is 9.94. The van der Waals surface area contributed by atoms with Crippen molar-refractivity contribution in [2.75, 3.05) is 36.4 Å². The molecule has 0 aromatic heterocycles. The summed E-state index contributed by atoms with van der Waals surface area (Å²) in [6.07, 6.45) is 1.15. The fraction of sp³-hybridized carbons (Fsp3) is 0.348. The van der Waals surface area contributed by atoms with E-state index in [4.69, 9.17) is 5.26 Å². The Labute approximate surface area is 170 Å². The highest BCUT2D eigenvalue weighted by Gasteiger charge is 2.58. The Morgan fingerprint density at radius 3 is 2.41 bits per heavy atom. The molecule has 1 N–H and O–H groups in total. The van der Waals surface area contributed by atoms with Crippen LogP contribution in [-0.2, 0) is 9.59 Å². The first-order valence-corrected chi connectivity index (χ1v) is 9.94. The minimum absolute atomic E-state index is 0.0738. The van der Waals surface area contributed by atoms with Crippen LogP contribution in [0.4, 0.5) is 11.4 Å². The van der Waals surface area contributed by atoms with Crippen molar-refractivity contribution in [3.8, 4) is 6.07 Å². The van der Waals surface area contributed by atoms with Crippen molar-refractivity contribution in [2.24, 2.45) is 5.41 Å². The molecule has 6 heteroatoms. The van der Waals surface area contributed by atoms with Crippen LogP contribution in [0.1, 0.15) is 24.0 Å². The van der Waals surface area contributed by atoms with Gasteiger partial charge in [-0.3, -0.25) is 9.59 Å². The molecule has 0 atom stereocenters. The molecule has 29 heavy (non-hydrogen) atoms. The lowest BCUT2D eigenvalue weighted by Crippen LogP contribution is -2.52. The highest BCUT2D eigenvalue weighted by Crippen LogP contribution is 2.48. The van der Waals surface area contributed by atoms with Crippen molar-refractivity contribution < 1.29 is 9.59 Å². The van der Waals surface area contributed by atoms with Crippen LogP contribution in [0, 0.1) is 23.7 Å². The predicted octanol–water partition coefficient (Wildman–Crippen LogP) is 2.93. The van der Waals surface area contributed by atoms with E-state index < -0.39 is 5.41 Å². The van der Waals surface area contributed by atoms with Crippen LogP contribution < -0.4 is 10.2 Å². The zero-order valence-corrected chi connectivity index (χ0v) is 16.5. The largest absolute Gasteiger partial charge is 0.368 e. The summed E-state index contributed by atoms with van der Waals surface area (Å²) in [5, 5.41) is 11.9. The summed E-state index contributed by atoms with van der Waals surface area (Å²) in [5.41, 5.74) is 2.47. The second-order valence-electron chi connectivity index (χ2n) is 7.85. The standard InChI is InChI=1S/C23H24N4O2/c1-17-4-2-7-20(14-17)26-10-12-27(13-11-26)22(29)23(8-9-23)21(28)25-19-6-3-5-18(15-19)16-24/h2-7,14-15H,8-13H2,1H3,(H,25,28). The maximum Gasteiger partial charge on any atom is 0.240 e. The summed E-state index contributed by atoms with van der Waals surface area (Å²) in [5.74, 6) is -0.339.